The molecule has 0 radical (unpaired) electrons. The number of nitriles is 1. The van der Waals surface area contributed by atoms with Crippen molar-refractivity contribution in [1.82, 2.24) is 4.98 Å². The van der Waals surface area contributed by atoms with Crippen molar-refractivity contribution in [2.75, 3.05) is 0 Å². The van der Waals surface area contributed by atoms with Crippen molar-refractivity contribution in [3.05, 3.63) is 29.6 Å². The van der Waals surface area contributed by atoms with Crippen LogP contribution >= 0.6 is 0 Å². The molecule has 0 aromatic carbocycles. The van der Waals surface area contributed by atoms with E-state index < -0.39 is 0 Å². The second-order valence-corrected chi connectivity index (χ2v) is 2.16. The van der Waals surface area contributed by atoms with Crippen LogP contribution in [0.1, 0.15) is 25.1 Å². The Kier molecular flexibility index (Phi) is 5.64. The quantitative estimate of drug-likeness (QED) is 0.636. The van der Waals surface area contributed by atoms with Gasteiger partial charge in [0, 0.05) is 6.20 Å². The number of rotatable bonds is 1. The minimum absolute atomic E-state index is 0.403. The first-order valence-corrected chi connectivity index (χ1v) is 4.11. The van der Waals surface area contributed by atoms with Crippen LogP contribution in [0.4, 0.5) is 0 Å². The van der Waals surface area contributed by atoms with Crippen molar-refractivity contribution in [2.45, 2.75) is 27.2 Å². The largest absolute Gasteiger partial charge is 0.260 e. The Morgan fingerprint density at radius 1 is 1.42 bits per heavy atom. The van der Waals surface area contributed by atoms with Gasteiger partial charge in [-0.1, -0.05) is 19.9 Å². The molecule has 0 saturated carbocycles. The van der Waals surface area contributed by atoms with Gasteiger partial charge < -0.3 is 0 Å². The molecule has 64 valence electrons. The van der Waals surface area contributed by atoms with Crippen LogP contribution in [0, 0.1) is 18.3 Å². The fourth-order valence-corrected chi connectivity index (χ4v) is 0.684. The summed E-state index contributed by atoms with van der Waals surface area (Å²) in [4.78, 5) is 4.05. The molecule has 1 aromatic heterocycles. The standard InChI is InChI=1S/C8H8N2.C2H6/c1-7-2-3-8(4-5-9)10-6-7;1-2/h2-3,6H,4H2,1H3;1-2H3. The van der Waals surface area contributed by atoms with E-state index in [0.717, 1.165) is 11.3 Å². The Balaban J connectivity index is 0.000000561. The van der Waals surface area contributed by atoms with E-state index in [1.54, 1.807) is 6.20 Å². The molecule has 0 aliphatic carbocycles. The zero-order valence-corrected chi connectivity index (χ0v) is 7.83. The van der Waals surface area contributed by atoms with E-state index in [1.807, 2.05) is 39.0 Å². The Hall–Kier alpha value is -1.36. The van der Waals surface area contributed by atoms with Crippen LogP contribution in [0.3, 0.4) is 0 Å². The van der Waals surface area contributed by atoms with E-state index in [1.165, 1.54) is 0 Å². The fraction of sp³-hybridized carbons (Fsp3) is 0.400. The second-order valence-electron chi connectivity index (χ2n) is 2.16. The molecule has 1 rings (SSSR count). The normalized spacial score (nSPS) is 7.83. The van der Waals surface area contributed by atoms with Gasteiger partial charge in [0.05, 0.1) is 18.2 Å². The van der Waals surface area contributed by atoms with Crippen molar-refractivity contribution in [3.8, 4) is 6.07 Å². The lowest BCUT2D eigenvalue weighted by atomic mass is 10.2. The topological polar surface area (TPSA) is 36.7 Å². The first-order chi connectivity index (χ1) is 5.83. The summed E-state index contributed by atoms with van der Waals surface area (Å²) in [5.41, 5.74) is 1.97. The monoisotopic (exact) mass is 162 g/mol. The number of nitrogens with zero attached hydrogens (tertiary/aromatic N) is 2. The highest BCUT2D eigenvalue weighted by atomic mass is 14.7. The summed E-state index contributed by atoms with van der Waals surface area (Å²) in [5.74, 6) is 0. The summed E-state index contributed by atoms with van der Waals surface area (Å²) in [5, 5.41) is 8.30. The number of pyridine rings is 1. The fourth-order valence-electron chi connectivity index (χ4n) is 0.684. The molecule has 0 atom stereocenters. The zero-order valence-electron chi connectivity index (χ0n) is 7.83. The average Bonchev–Trinajstić information content (AvgIpc) is 2.13. The van der Waals surface area contributed by atoms with Crippen molar-refractivity contribution < 1.29 is 0 Å². The Labute approximate surface area is 73.9 Å². The summed E-state index contributed by atoms with van der Waals surface area (Å²) >= 11 is 0. The Bertz CT molecular complexity index is 244. The van der Waals surface area contributed by atoms with Crippen LogP contribution in [-0.2, 0) is 6.42 Å². The third-order valence-corrected chi connectivity index (χ3v) is 1.23. The number of aryl methyl sites for hydroxylation is 1. The maximum absolute atomic E-state index is 8.30. The van der Waals surface area contributed by atoms with Crippen molar-refractivity contribution >= 4 is 0 Å². The molecule has 0 aliphatic rings. The molecule has 2 heteroatoms. The predicted octanol–water partition coefficient (Wildman–Crippen LogP) is 2.48. The Morgan fingerprint density at radius 3 is 2.50 bits per heavy atom. The summed E-state index contributed by atoms with van der Waals surface area (Å²) in [7, 11) is 0. The highest BCUT2D eigenvalue weighted by Crippen LogP contribution is 1.97. The lowest BCUT2D eigenvalue weighted by Crippen LogP contribution is -1.86. The molecule has 2 nitrogen and oxygen atoms in total. The Morgan fingerprint density at radius 2 is 2.08 bits per heavy atom. The smallest absolute Gasteiger partial charge is 0.0774 e. The van der Waals surface area contributed by atoms with Crippen molar-refractivity contribution in [3.63, 3.8) is 0 Å². The SMILES string of the molecule is CC.Cc1ccc(CC#N)nc1. The van der Waals surface area contributed by atoms with Gasteiger partial charge in [-0.25, -0.2) is 0 Å². The van der Waals surface area contributed by atoms with Gasteiger partial charge in [0.1, 0.15) is 0 Å². The molecule has 0 unspecified atom stereocenters. The molecule has 12 heavy (non-hydrogen) atoms. The van der Waals surface area contributed by atoms with E-state index in [-0.39, 0.29) is 0 Å². The van der Waals surface area contributed by atoms with Gasteiger partial charge in [-0.3, -0.25) is 4.98 Å². The first-order valence-electron chi connectivity index (χ1n) is 4.11. The van der Waals surface area contributed by atoms with Gasteiger partial charge in [-0.05, 0) is 18.6 Å². The van der Waals surface area contributed by atoms with Gasteiger partial charge >= 0.3 is 0 Å². The first kappa shape index (κ1) is 10.6. The summed E-state index contributed by atoms with van der Waals surface area (Å²) in [6.07, 6.45) is 2.17. The minimum atomic E-state index is 0.403. The van der Waals surface area contributed by atoms with E-state index in [4.69, 9.17) is 5.26 Å². The third kappa shape index (κ3) is 3.72. The number of aromatic nitrogens is 1. The summed E-state index contributed by atoms with van der Waals surface area (Å²) in [6, 6.07) is 5.87. The molecule has 0 fully saturated rings. The van der Waals surface area contributed by atoms with Gasteiger partial charge in [-0.15, -0.1) is 0 Å². The molecule has 1 aromatic rings. The number of hydrogen-bond donors (Lipinski definition) is 0. The molecule has 0 aliphatic heterocycles. The van der Waals surface area contributed by atoms with Crippen LogP contribution in [0.25, 0.3) is 0 Å². The lowest BCUT2D eigenvalue weighted by Gasteiger charge is -1.92. The summed E-state index contributed by atoms with van der Waals surface area (Å²) < 4.78 is 0. The van der Waals surface area contributed by atoms with Crippen LogP contribution in [0.15, 0.2) is 18.3 Å². The molecule has 1 heterocycles. The van der Waals surface area contributed by atoms with E-state index in [9.17, 15) is 0 Å². The predicted molar refractivity (Wildman–Crippen MR) is 49.6 cm³/mol. The van der Waals surface area contributed by atoms with Gasteiger partial charge in [0.15, 0.2) is 0 Å². The minimum Gasteiger partial charge on any atom is -0.260 e. The molecular weight excluding hydrogens is 148 g/mol. The van der Waals surface area contributed by atoms with Gasteiger partial charge in [0.2, 0.25) is 0 Å². The van der Waals surface area contributed by atoms with Gasteiger partial charge in [0.25, 0.3) is 0 Å². The molecule has 0 spiro atoms. The van der Waals surface area contributed by atoms with Crippen LogP contribution in [-0.4, -0.2) is 4.98 Å². The highest BCUT2D eigenvalue weighted by molar-refractivity contribution is 5.14. The average molecular weight is 162 g/mol. The second kappa shape index (κ2) is 6.36. The summed E-state index contributed by atoms with van der Waals surface area (Å²) in [6.45, 7) is 5.98. The van der Waals surface area contributed by atoms with Crippen LogP contribution < -0.4 is 0 Å². The third-order valence-electron chi connectivity index (χ3n) is 1.23. The number of hydrogen-bond acceptors (Lipinski definition) is 2. The lowest BCUT2D eigenvalue weighted by molar-refractivity contribution is 1.10. The molecular formula is C10H14N2. The van der Waals surface area contributed by atoms with Crippen LogP contribution in [0.5, 0.6) is 0 Å². The van der Waals surface area contributed by atoms with E-state index in [2.05, 4.69) is 4.98 Å². The highest BCUT2D eigenvalue weighted by Gasteiger charge is 1.89. The van der Waals surface area contributed by atoms with Crippen LogP contribution in [0.2, 0.25) is 0 Å². The maximum atomic E-state index is 8.30. The zero-order chi connectivity index (χ0) is 9.40. The molecule has 0 amide bonds. The van der Waals surface area contributed by atoms with E-state index >= 15 is 0 Å². The molecule has 0 bridgehead atoms. The maximum Gasteiger partial charge on any atom is 0.0774 e. The molecule has 0 N–H and O–H groups in total. The van der Waals surface area contributed by atoms with Crippen molar-refractivity contribution in [2.24, 2.45) is 0 Å². The van der Waals surface area contributed by atoms with E-state index in [0.29, 0.717) is 6.42 Å². The van der Waals surface area contributed by atoms with Crippen molar-refractivity contribution in [1.29, 1.82) is 5.26 Å². The molecule has 0 saturated heterocycles. The van der Waals surface area contributed by atoms with Gasteiger partial charge in [-0.2, -0.15) is 5.26 Å².